The van der Waals surface area contributed by atoms with Gasteiger partial charge in [-0.1, -0.05) is 158 Å². The molecule has 0 fully saturated rings. The number of fused-ring (bicyclic) bond motifs is 4. The number of rotatable bonds is 4. The number of hydrogen-bond donors (Lipinski definition) is 0. The van der Waals surface area contributed by atoms with Crippen molar-refractivity contribution in [1.29, 1.82) is 0 Å². The van der Waals surface area contributed by atoms with Gasteiger partial charge in [-0.05, 0) is 38.8 Å². The van der Waals surface area contributed by atoms with E-state index < -0.39 is 0 Å². The largest absolute Gasteiger partial charge is 0.243 e. The molecule has 1 aliphatic carbocycles. The van der Waals surface area contributed by atoms with Crippen LogP contribution < -0.4 is 0 Å². The van der Waals surface area contributed by atoms with Gasteiger partial charge < -0.3 is 0 Å². The summed E-state index contributed by atoms with van der Waals surface area (Å²) in [7, 11) is 0. The third-order valence-corrected chi connectivity index (χ3v) is 8.84. The van der Waals surface area contributed by atoms with Gasteiger partial charge >= 0.3 is 0 Å². The number of aromatic nitrogens is 2. The zero-order valence-electron chi connectivity index (χ0n) is 23.9. The molecule has 0 aliphatic heterocycles. The van der Waals surface area contributed by atoms with Crippen LogP contribution >= 0.6 is 0 Å². The highest BCUT2D eigenvalue weighted by molar-refractivity contribution is 6.15. The molecule has 0 radical (unpaired) electrons. The van der Waals surface area contributed by atoms with Crippen LogP contribution in [0.3, 0.4) is 0 Å². The molecule has 44 heavy (non-hydrogen) atoms. The lowest BCUT2D eigenvalue weighted by Gasteiger charge is -2.14. The van der Waals surface area contributed by atoms with Gasteiger partial charge in [0.25, 0.3) is 0 Å². The molecule has 0 unspecified atom stereocenters. The van der Waals surface area contributed by atoms with E-state index in [2.05, 4.69) is 158 Å². The van der Waals surface area contributed by atoms with Crippen LogP contribution in [-0.4, -0.2) is 9.97 Å². The Bertz CT molecular complexity index is 2170. The van der Waals surface area contributed by atoms with Crippen LogP contribution in [0.2, 0.25) is 0 Å². The zero-order valence-corrected chi connectivity index (χ0v) is 23.9. The van der Waals surface area contributed by atoms with Crippen molar-refractivity contribution < 1.29 is 0 Å². The predicted octanol–water partition coefficient (Wildman–Crippen LogP) is 11.1. The maximum atomic E-state index is 5.44. The highest BCUT2D eigenvalue weighted by Crippen LogP contribution is 2.47. The van der Waals surface area contributed by atoms with E-state index in [0.29, 0.717) is 0 Å². The fraction of sp³-hybridized carbons (Fsp3) is 0. The Hall–Kier alpha value is -5.86. The van der Waals surface area contributed by atoms with Gasteiger partial charge in [0.15, 0.2) is 0 Å². The summed E-state index contributed by atoms with van der Waals surface area (Å²) in [5.74, 6) is 0. The normalized spacial score (nSPS) is 11.6. The molecule has 8 aromatic rings. The Morgan fingerprint density at radius 3 is 1.09 bits per heavy atom. The van der Waals surface area contributed by atoms with Crippen LogP contribution in [0, 0.1) is 0 Å². The van der Waals surface area contributed by atoms with Crippen molar-refractivity contribution in [2.45, 2.75) is 0 Å². The summed E-state index contributed by atoms with van der Waals surface area (Å²) in [6.45, 7) is 0. The van der Waals surface area contributed by atoms with Crippen molar-refractivity contribution in [2.75, 3.05) is 0 Å². The molecular weight excluding hydrogens is 532 g/mol. The average molecular weight is 559 g/mol. The van der Waals surface area contributed by atoms with Crippen LogP contribution in [0.15, 0.2) is 158 Å². The summed E-state index contributed by atoms with van der Waals surface area (Å²) in [6, 6.07) is 56.0. The van der Waals surface area contributed by atoms with Gasteiger partial charge in [0.2, 0.25) is 0 Å². The van der Waals surface area contributed by atoms with Crippen LogP contribution in [0.1, 0.15) is 0 Å². The fourth-order valence-corrected chi connectivity index (χ4v) is 6.66. The zero-order chi connectivity index (χ0) is 29.0. The number of nitrogens with zero attached hydrogens (tertiary/aromatic N) is 2. The maximum absolute atomic E-state index is 5.44. The first-order valence-corrected chi connectivity index (χ1v) is 15.0. The van der Waals surface area contributed by atoms with Gasteiger partial charge in [0.1, 0.15) is 0 Å². The Morgan fingerprint density at radius 2 is 0.659 bits per heavy atom. The van der Waals surface area contributed by atoms with Crippen molar-refractivity contribution in [3.05, 3.63) is 158 Å². The lowest BCUT2D eigenvalue weighted by Crippen LogP contribution is -1.96. The minimum Gasteiger partial charge on any atom is -0.243 e. The van der Waals surface area contributed by atoms with E-state index >= 15 is 0 Å². The van der Waals surface area contributed by atoms with Gasteiger partial charge in [-0.2, -0.15) is 0 Å². The number of benzene rings is 7. The molecule has 9 rings (SSSR count). The molecule has 0 saturated heterocycles. The molecule has 204 valence electrons. The smallest absolute Gasteiger partial charge is 0.0980 e. The van der Waals surface area contributed by atoms with Crippen LogP contribution in [0.25, 0.3) is 88.8 Å². The first-order valence-electron chi connectivity index (χ1n) is 15.0. The summed E-state index contributed by atoms with van der Waals surface area (Å²) >= 11 is 0. The minimum absolute atomic E-state index is 0.922. The van der Waals surface area contributed by atoms with Gasteiger partial charge in [0, 0.05) is 27.6 Å². The first kappa shape index (κ1) is 24.7. The Kier molecular flexibility index (Phi) is 5.54. The Labute approximate surface area is 256 Å². The van der Waals surface area contributed by atoms with E-state index in [1.807, 2.05) is 0 Å². The van der Waals surface area contributed by atoms with Crippen molar-refractivity contribution in [1.82, 2.24) is 9.97 Å². The van der Waals surface area contributed by atoms with E-state index in [1.54, 1.807) is 0 Å². The van der Waals surface area contributed by atoms with Crippen molar-refractivity contribution in [2.24, 2.45) is 0 Å². The van der Waals surface area contributed by atoms with Crippen LogP contribution in [0.4, 0.5) is 0 Å². The quantitative estimate of drug-likeness (QED) is 0.215. The number of hydrogen-bond acceptors (Lipinski definition) is 2. The van der Waals surface area contributed by atoms with Gasteiger partial charge in [-0.25, -0.2) is 9.97 Å². The van der Waals surface area contributed by atoms with Crippen LogP contribution in [0.5, 0.6) is 0 Å². The fourth-order valence-electron chi connectivity index (χ4n) is 6.66. The van der Waals surface area contributed by atoms with Crippen molar-refractivity contribution in [3.63, 3.8) is 0 Å². The van der Waals surface area contributed by atoms with E-state index in [0.717, 1.165) is 55.8 Å². The van der Waals surface area contributed by atoms with E-state index in [4.69, 9.17) is 9.97 Å². The topological polar surface area (TPSA) is 25.8 Å². The standard InChI is InChI=1S/C42H26N2/c1-3-9-27(10-4-1)29-17-21-31(22-18-29)34-25-26-35(32-23-19-30(20-24-32)28-11-5-2-6-12-28)40-39(34)43-41-36-15-7-13-33-14-8-16-37(38(33)36)42(41)44-40/h1-26H. The molecule has 0 saturated carbocycles. The molecule has 1 heterocycles. The summed E-state index contributed by atoms with van der Waals surface area (Å²) in [5, 5.41) is 2.46. The molecule has 2 heteroatoms. The average Bonchev–Trinajstić information content (AvgIpc) is 3.42. The molecule has 0 bridgehead atoms. The summed E-state index contributed by atoms with van der Waals surface area (Å²) in [5.41, 5.74) is 15.3. The third kappa shape index (κ3) is 3.89. The molecule has 2 nitrogen and oxygen atoms in total. The van der Waals surface area contributed by atoms with E-state index in [9.17, 15) is 0 Å². The van der Waals surface area contributed by atoms with E-state index in [-0.39, 0.29) is 0 Å². The maximum Gasteiger partial charge on any atom is 0.0980 e. The molecular formula is C42H26N2. The molecule has 1 aromatic heterocycles. The molecule has 1 aliphatic rings. The lowest BCUT2D eigenvalue weighted by atomic mass is 9.94. The van der Waals surface area contributed by atoms with Gasteiger partial charge in [-0.15, -0.1) is 0 Å². The van der Waals surface area contributed by atoms with Gasteiger partial charge in [-0.3, -0.25) is 0 Å². The molecule has 0 spiro atoms. The monoisotopic (exact) mass is 558 g/mol. The second-order valence-electron chi connectivity index (χ2n) is 11.4. The Morgan fingerprint density at radius 1 is 0.273 bits per heavy atom. The predicted molar refractivity (Wildman–Crippen MR) is 183 cm³/mol. The molecule has 0 N–H and O–H groups in total. The molecule has 0 amide bonds. The second-order valence-corrected chi connectivity index (χ2v) is 11.4. The van der Waals surface area contributed by atoms with Gasteiger partial charge in [0.05, 0.1) is 22.4 Å². The van der Waals surface area contributed by atoms with E-state index in [1.165, 1.54) is 33.0 Å². The summed E-state index contributed by atoms with van der Waals surface area (Å²) in [4.78, 5) is 10.9. The minimum atomic E-state index is 0.922. The SMILES string of the molecule is c1ccc(-c2ccc(-c3ccc(-c4ccc(-c5ccccc5)cc4)c4nc5c(nc34)-c3cccc4cccc-5c34)cc2)cc1. The third-order valence-electron chi connectivity index (χ3n) is 8.84. The highest BCUT2D eigenvalue weighted by atomic mass is 14.8. The molecule has 0 atom stereocenters. The molecule has 7 aromatic carbocycles. The second kappa shape index (κ2) is 9.86. The van der Waals surface area contributed by atoms with Crippen molar-refractivity contribution >= 4 is 21.8 Å². The lowest BCUT2D eigenvalue weighted by molar-refractivity contribution is 1.32. The summed E-state index contributed by atoms with van der Waals surface area (Å²) < 4.78 is 0. The highest BCUT2D eigenvalue weighted by Gasteiger charge is 2.26. The first-order chi connectivity index (χ1) is 21.8. The summed E-state index contributed by atoms with van der Waals surface area (Å²) in [6.07, 6.45) is 0. The Balaban J connectivity index is 1.25. The van der Waals surface area contributed by atoms with Crippen LogP contribution in [-0.2, 0) is 0 Å². The van der Waals surface area contributed by atoms with Crippen molar-refractivity contribution in [3.8, 4) is 67.0 Å².